The summed E-state index contributed by atoms with van der Waals surface area (Å²) >= 11 is 18.6. The second kappa shape index (κ2) is 11.2. The van der Waals surface area contributed by atoms with E-state index in [0.29, 0.717) is 17.1 Å². The molecule has 4 aromatic rings. The lowest BCUT2D eigenvalue weighted by Crippen LogP contribution is -2.54. The molecule has 202 valence electrons. The number of aryl methyl sites for hydroxylation is 1. The van der Waals surface area contributed by atoms with Crippen LogP contribution in [0.3, 0.4) is 0 Å². The molecule has 0 saturated carbocycles. The molecule has 10 heteroatoms. The number of carbonyl (C=O) groups is 3. The van der Waals surface area contributed by atoms with Gasteiger partial charge in [-0.05, 0) is 65.2 Å². The first-order valence-corrected chi connectivity index (χ1v) is 13.2. The zero-order valence-electron chi connectivity index (χ0n) is 21.3. The highest BCUT2D eigenvalue weighted by Gasteiger charge is 2.37. The lowest BCUT2D eigenvalue weighted by molar-refractivity contribution is -0.122. The highest BCUT2D eigenvalue weighted by Crippen LogP contribution is 2.38. The second-order valence-electron chi connectivity index (χ2n) is 8.96. The number of hydrogen-bond acceptors (Lipinski definition) is 5. The SMILES string of the molecule is COc1cc(/C=C2\C(=O)NC(=O)N(c3ccc(Cl)c(Cl)c3)C2=O)cc(Cl)c1OCc1c(C)ccc2ccccc12. The number of nitrogens with one attached hydrogen (secondary N) is 1. The minimum absolute atomic E-state index is 0.146. The number of fused-ring (bicyclic) bond motifs is 1. The fourth-order valence-corrected chi connectivity index (χ4v) is 4.99. The second-order valence-corrected chi connectivity index (χ2v) is 10.2. The highest BCUT2D eigenvalue weighted by molar-refractivity contribution is 6.43. The average molecular weight is 596 g/mol. The summed E-state index contributed by atoms with van der Waals surface area (Å²) in [7, 11) is 1.46. The van der Waals surface area contributed by atoms with Gasteiger partial charge in [0.15, 0.2) is 11.5 Å². The minimum Gasteiger partial charge on any atom is -0.493 e. The van der Waals surface area contributed by atoms with Crippen molar-refractivity contribution in [3.05, 3.63) is 104 Å². The molecule has 1 aliphatic heterocycles. The van der Waals surface area contributed by atoms with Gasteiger partial charge in [-0.15, -0.1) is 0 Å². The topological polar surface area (TPSA) is 84.9 Å². The maximum atomic E-state index is 13.3. The molecule has 1 N–H and O–H groups in total. The summed E-state index contributed by atoms with van der Waals surface area (Å²) in [5.74, 6) is -1.08. The van der Waals surface area contributed by atoms with Gasteiger partial charge in [0.1, 0.15) is 12.2 Å². The van der Waals surface area contributed by atoms with Crippen molar-refractivity contribution < 1.29 is 23.9 Å². The first-order chi connectivity index (χ1) is 19.2. The molecule has 0 bridgehead atoms. The van der Waals surface area contributed by atoms with Crippen LogP contribution in [0.1, 0.15) is 16.7 Å². The van der Waals surface area contributed by atoms with Crippen molar-refractivity contribution in [2.45, 2.75) is 13.5 Å². The Hall–Kier alpha value is -4.04. The lowest BCUT2D eigenvalue weighted by atomic mass is 10.0. The number of barbiturate groups is 1. The molecule has 0 spiro atoms. The Kier molecular flexibility index (Phi) is 7.72. The summed E-state index contributed by atoms with van der Waals surface area (Å²) in [5.41, 5.74) is 2.33. The lowest BCUT2D eigenvalue weighted by Gasteiger charge is -2.26. The van der Waals surface area contributed by atoms with Crippen LogP contribution in [0.5, 0.6) is 11.5 Å². The van der Waals surface area contributed by atoms with Crippen LogP contribution < -0.4 is 19.7 Å². The third kappa shape index (κ3) is 5.23. The highest BCUT2D eigenvalue weighted by atomic mass is 35.5. The van der Waals surface area contributed by atoms with Gasteiger partial charge in [-0.25, -0.2) is 9.69 Å². The molecule has 0 atom stereocenters. The fourth-order valence-electron chi connectivity index (χ4n) is 4.43. The molecule has 1 saturated heterocycles. The van der Waals surface area contributed by atoms with Crippen molar-refractivity contribution in [3.8, 4) is 11.5 Å². The quantitative estimate of drug-likeness (QED) is 0.186. The largest absolute Gasteiger partial charge is 0.493 e. The van der Waals surface area contributed by atoms with Gasteiger partial charge >= 0.3 is 6.03 Å². The van der Waals surface area contributed by atoms with Crippen LogP contribution in [0, 0.1) is 6.92 Å². The summed E-state index contributed by atoms with van der Waals surface area (Å²) in [6.45, 7) is 2.25. The van der Waals surface area contributed by atoms with Crippen molar-refractivity contribution in [1.29, 1.82) is 0 Å². The summed E-state index contributed by atoms with van der Waals surface area (Å²) in [6.07, 6.45) is 1.32. The van der Waals surface area contributed by atoms with Crippen LogP contribution in [0.25, 0.3) is 16.8 Å². The number of anilines is 1. The van der Waals surface area contributed by atoms with E-state index in [1.54, 1.807) is 12.1 Å². The van der Waals surface area contributed by atoms with Crippen LogP contribution in [0.15, 0.2) is 72.3 Å². The number of benzene rings is 4. The van der Waals surface area contributed by atoms with Crippen molar-refractivity contribution in [2.75, 3.05) is 12.0 Å². The zero-order chi connectivity index (χ0) is 28.6. The number of rotatable bonds is 6. The maximum Gasteiger partial charge on any atom is 0.335 e. The molecular formula is C30H21Cl3N2O5. The molecule has 1 aliphatic rings. The Morgan fingerprint density at radius 2 is 1.68 bits per heavy atom. The maximum absolute atomic E-state index is 13.3. The van der Waals surface area contributed by atoms with E-state index in [1.807, 2.05) is 37.3 Å². The van der Waals surface area contributed by atoms with E-state index < -0.39 is 17.8 Å². The van der Waals surface area contributed by atoms with Gasteiger partial charge in [0.2, 0.25) is 0 Å². The van der Waals surface area contributed by atoms with Gasteiger partial charge in [0.25, 0.3) is 11.8 Å². The molecular weight excluding hydrogens is 575 g/mol. The van der Waals surface area contributed by atoms with Crippen LogP contribution in [0.4, 0.5) is 10.5 Å². The minimum atomic E-state index is -0.909. The van der Waals surface area contributed by atoms with Gasteiger partial charge in [0, 0.05) is 5.56 Å². The average Bonchev–Trinajstić information content (AvgIpc) is 2.92. The first kappa shape index (κ1) is 27.5. The number of urea groups is 1. The molecule has 4 aromatic carbocycles. The van der Waals surface area contributed by atoms with E-state index in [9.17, 15) is 14.4 Å². The number of amides is 4. The van der Waals surface area contributed by atoms with E-state index in [-0.39, 0.29) is 32.9 Å². The molecule has 7 nitrogen and oxygen atoms in total. The number of halogens is 3. The van der Waals surface area contributed by atoms with Crippen molar-refractivity contribution >= 4 is 75.2 Å². The Bertz CT molecular complexity index is 1730. The third-order valence-corrected chi connectivity index (χ3v) is 7.48. The van der Waals surface area contributed by atoms with Crippen molar-refractivity contribution in [2.24, 2.45) is 0 Å². The van der Waals surface area contributed by atoms with Crippen LogP contribution in [-0.4, -0.2) is 25.0 Å². The predicted molar refractivity (Wildman–Crippen MR) is 156 cm³/mol. The van der Waals surface area contributed by atoms with Crippen molar-refractivity contribution in [3.63, 3.8) is 0 Å². The third-order valence-electron chi connectivity index (χ3n) is 6.46. The van der Waals surface area contributed by atoms with E-state index in [4.69, 9.17) is 44.3 Å². The molecule has 40 heavy (non-hydrogen) atoms. The number of nitrogens with zero attached hydrogens (tertiary/aromatic N) is 1. The summed E-state index contributed by atoms with van der Waals surface area (Å²) < 4.78 is 11.7. The first-order valence-electron chi connectivity index (χ1n) is 12.0. The fraction of sp³-hybridized carbons (Fsp3) is 0.100. The Morgan fingerprint density at radius 3 is 2.42 bits per heavy atom. The molecule has 0 aromatic heterocycles. The predicted octanol–water partition coefficient (Wildman–Crippen LogP) is 7.36. The number of carbonyl (C=O) groups excluding carboxylic acids is 3. The zero-order valence-corrected chi connectivity index (χ0v) is 23.5. The molecule has 0 unspecified atom stereocenters. The number of methoxy groups -OCH3 is 1. The number of imide groups is 2. The Morgan fingerprint density at radius 1 is 0.900 bits per heavy atom. The molecule has 0 radical (unpaired) electrons. The van der Waals surface area contributed by atoms with E-state index in [1.165, 1.54) is 31.4 Å². The van der Waals surface area contributed by atoms with Crippen LogP contribution in [-0.2, 0) is 16.2 Å². The normalized spacial score (nSPS) is 14.6. The monoisotopic (exact) mass is 594 g/mol. The van der Waals surface area contributed by atoms with Gasteiger partial charge in [-0.3, -0.25) is 14.9 Å². The number of ether oxygens (including phenoxy) is 2. The Labute approximate surface area is 244 Å². The van der Waals surface area contributed by atoms with Gasteiger partial charge < -0.3 is 9.47 Å². The van der Waals surface area contributed by atoms with E-state index in [0.717, 1.165) is 26.8 Å². The smallest absolute Gasteiger partial charge is 0.335 e. The molecule has 1 heterocycles. The van der Waals surface area contributed by atoms with E-state index in [2.05, 4.69) is 11.4 Å². The van der Waals surface area contributed by atoms with Crippen LogP contribution >= 0.6 is 34.8 Å². The molecule has 4 amide bonds. The van der Waals surface area contributed by atoms with E-state index >= 15 is 0 Å². The summed E-state index contributed by atoms with van der Waals surface area (Å²) in [4.78, 5) is 39.2. The van der Waals surface area contributed by atoms with Crippen molar-refractivity contribution in [1.82, 2.24) is 5.32 Å². The van der Waals surface area contributed by atoms with Gasteiger partial charge in [-0.1, -0.05) is 71.2 Å². The van der Waals surface area contributed by atoms with Gasteiger partial charge in [-0.2, -0.15) is 0 Å². The molecule has 0 aliphatic carbocycles. The standard InChI is InChI=1S/C30H21Cl3N2O5/c1-16-7-8-18-5-3-4-6-20(18)22(16)15-40-27-25(33)12-17(13-26(27)39-2)11-21-28(36)34-30(38)35(29(21)37)19-9-10-23(31)24(32)14-19/h3-14H,15H2,1-2H3,(H,34,36,38)/b21-11+. The van der Waals surface area contributed by atoms with Crippen LogP contribution in [0.2, 0.25) is 15.1 Å². The summed E-state index contributed by atoms with van der Waals surface area (Å²) in [6, 6.07) is 18.6. The van der Waals surface area contributed by atoms with Gasteiger partial charge in [0.05, 0.1) is 27.9 Å². The number of hydrogen-bond donors (Lipinski definition) is 1. The molecule has 1 fully saturated rings. The molecule has 5 rings (SSSR count). The Balaban J connectivity index is 1.46. The summed E-state index contributed by atoms with van der Waals surface area (Å²) in [5, 5.41) is 4.94.